The summed E-state index contributed by atoms with van der Waals surface area (Å²) in [4.78, 5) is 14.6. The number of carbonyl (C=O) groups is 1. The summed E-state index contributed by atoms with van der Waals surface area (Å²) in [6.45, 7) is 5.75. The number of nitrogens with zero attached hydrogens (tertiary/aromatic N) is 1. The SMILES string of the molecule is Cc1cc(C)cc(C(=O)N2CCC(Br)C2)c1. The van der Waals surface area contributed by atoms with Crippen molar-refractivity contribution in [3.05, 3.63) is 34.9 Å². The van der Waals surface area contributed by atoms with Gasteiger partial charge in [-0.15, -0.1) is 0 Å². The van der Waals surface area contributed by atoms with Crippen molar-refractivity contribution in [3.63, 3.8) is 0 Å². The van der Waals surface area contributed by atoms with Gasteiger partial charge < -0.3 is 4.90 Å². The Hall–Kier alpha value is -0.830. The largest absolute Gasteiger partial charge is 0.337 e. The molecule has 2 nitrogen and oxygen atoms in total. The van der Waals surface area contributed by atoms with Crippen LogP contribution >= 0.6 is 15.9 Å². The van der Waals surface area contributed by atoms with E-state index < -0.39 is 0 Å². The second-order valence-electron chi connectivity index (χ2n) is 4.51. The molecule has 0 aromatic heterocycles. The minimum Gasteiger partial charge on any atom is -0.337 e. The molecule has 1 atom stereocenters. The summed E-state index contributed by atoms with van der Waals surface area (Å²) in [7, 11) is 0. The molecule has 1 saturated heterocycles. The van der Waals surface area contributed by atoms with E-state index >= 15 is 0 Å². The molecule has 1 unspecified atom stereocenters. The molecule has 1 aliphatic rings. The molecule has 16 heavy (non-hydrogen) atoms. The number of rotatable bonds is 1. The van der Waals surface area contributed by atoms with Crippen LogP contribution in [0.25, 0.3) is 0 Å². The molecule has 2 rings (SSSR count). The van der Waals surface area contributed by atoms with E-state index in [1.807, 2.05) is 30.9 Å². The minimum atomic E-state index is 0.161. The maximum absolute atomic E-state index is 12.2. The quantitative estimate of drug-likeness (QED) is 0.725. The third-order valence-corrected chi connectivity index (χ3v) is 3.63. The first kappa shape index (κ1) is 11.6. The summed E-state index contributed by atoms with van der Waals surface area (Å²) in [5.41, 5.74) is 3.12. The Kier molecular flexibility index (Phi) is 3.33. The van der Waals surface area contributed by atoms with Crippen LogP contribution < -0.4 is 0 Å². The van der Waals surface area contributed by atoms with Crippen LogP contribution in [-0.4, -0.2) is 28.7 Å². The van der Waals surface area contributed by atoms with Gasteiger partial charge in [0.25, 0.3) is 5.91 Å². The fourth-order valence-corrected chi connectivity index (χ4v) is 2.74. The Morgan fingerprint density at radius 3 is 2.44 bits per heavy atom. The molecule has 0 bridgehead atoms. The van der Waals surface area contributed by atoms with Crippen LogP contribution in [0.5, 0.6) is 0 Å². The molecule has 0 N–H and O–H groups in total. The Bertz CT molecular complexity index is 396. The summed E-state index contributed by atoms with van der Waals surface area (Å²) in [5.74, 6) is 0.161. The molecule has 1 fully saturated rings. The molecule has 3 heteroatoms. The number of hydrogen-bond acceptors (Lipinski definition) is 1. The average Bonchev–Trinajstić information content (AvgIpc) is 2.62. The first-order valence-corrected chi connectivity index (χ1v) is 6.49. The van der Waals surface area contributed by atoms with Crippen LogP contribution in [0, 0.1) is 13.8 Å². The number of alkyl halides is 1. The van der Waals surface area contributed by atoms with Gasteiger partial charge in [0, 0.05) is 23.5 Å². The lowest BCUT2D eigenvalue weighted by molar-refractivity contribution is 0.0793. The van der Waals surface area contributed by atoms with E-state index in [0.29, 0.717) is 4.83 Å². The molecule has 0 aliphatic carbocycles. The predicted molar refractivity (Wildman–Crippen MR) is 69.2 cm³/mol. The van der Waals surface area contributed by atoms with E-state index in [1.54, 1.807) is 0 Å². The first-order valence-electron chi connectivity index (χ1n) is 5.58. The number of aryl methyl sites for hydroxylation is 2. The molecule has 0 radical (unpaired) electrons. The molecule has 1 aromatic rings. The van der Waals surface area contributed by atoms with Gasteiger partial charge in [0.15, 0.2) is 0 Å². The molecule has 1 amide bonds. The molecular weight excluding hydrogens is 266 g/mol. The topological polar surface area (TPSA) is 20.3 Å². The van der Waals surface area contributed by atoms with Crippen molar-refractivity contribution in [1.82, 2.24) is 4.90 Å². The number of benzene rings is 1. The maximum Gasteiger partial charge on any atom is 0.253 e. The van der Waals surface area contributed by atoms with Gasteiger partial charge in [-0.3, -0.25) is 4.79 Å². The highest BCUT2D eigenvalue weighted by atomic mass is 79.9. The van der Waals surface area contributed by atoms with Crippen molar-refractivity contribution in [2.45, 2.75) is 25.1 Å². The summed E-state index contributed by atoms with van der Waals surface area (Å²) >= 11 is 3.55. The number of carbonyl (C=O) groups excluding carboxylic acids is 1. The van der Waals surface area contributed by atoms with Crippen molar-refractivity contribution >= 4 is 21.8 Å². The van der Waals surface area contributed by atoms with Crippen molar-refractivity contribution in [2.75, 3.05) is 13.1 Å². The zero-order chi connectivity index (χ0) is 11.7. The fraction of sp³-hybridized carbons (Fsp3) is 0.462. The highest BCUT2D eigenvalue weighted by molar-refractivity contribution is 9.09. The van der Waals surface area contributed by atoms with Gasteiger partial charge in [-0.25, -0.2) is 0 Å². The molecule has 0 spiro atoms. The lowest BCUT2D eigenvalue weighted by Crippen LogP contribution is -2.28. The van der Waals surface area contributed by atoms with E-state index in [9.17, 15) is 4.79 Å². The lowest BCUT2D eigenvalue weighted by atomic mass is 10.1. The predicted octanol–water partition coefficient (Wildman–Crippen LogP) is 2.91. The van der Waals surface area contributed by atoms with Crippen LogP contribution in [0.4, 0.5) is 0 Å². The van der Waals surface area contributed by atoms with Crippen LogP contribution in [0.1, 0.15) is 27.9 Å². The second-order valence-corrected chi connectivity index (χ2v) is 5.81. The van der Waals surface area contributed by atoms with Crippen LogP contribution in [-0.2, 0) is 0 Å². The molecule has 0 saturated carbocycles. The van der Waals surface area contributed by atoms with Crippen LogP contribution in [0.2, 0.25) is 0 Å². The summed E-state index contributed by atoms with van der Waals surface area (Å²) in [6.07, 6.45) is 1.05. The third kappa shape index (κ3) is 2.46. The number of amides is 1. The summed E-state index contributed by atoms with van der Waals surface area (Å²) < 4.78 is 0. The van der Waals surface area contributed by atoms with Crippen molar-refractivity contribution in [2.24, 2.45) is 0 Å². The summed E-state index contributed by atoms with van der Waals surface area (Å²) in [6, 6.07) is 6.03. The van der Waals surface area contributed by atoms with Gasteiger partial charge in [-0.2, -0.15) is 0 Å². The van der Waals surface area contributed by atoms with Gasteiger partial charge >= 0.3 is 0 Å². The lowest BCUT2D eigenvalue weighted by Gasteiger charge is -2.16. The van der Waals surface area contributed by atoms with E-state index in [2.05, 4.69) is 22.0 Å². The standard InChI is InChI=1S/C13H16BrNO/c1-9-5-10(2)7-11(6-9)13(16)15-4-3-12(14)8-15/h5-7,12H,3-4,8H2,1-2H3. The number of hydrogen-bond donors (Lipinski definition) is 0. The molecule has 86 valence electrons. The van der Waals surface area contributed by atoms with Crippen LogP contribution in [0.15, 0.2) is 18.2 Å². The Morgan fingerprint density at radius 1 is 1.31 bits per heavy atom. The van der Waals surface area contributed by atoms with Crippen molar-refractivity contribution in [1.29, 1.82) is 0 Å². The Labute approximate surface area is 105 Å². The zero-order valence-electron chi connectivity index (χ0n) is 9.66. The maximum atomic E-state index is 12.2. The Balaban J connectivity index is 2.20. The first-order chi connectivity index (χ1) is 7.56. The fourth-order valence-electron chi connectivity index (χ4n) is 2.18. The molecular formula is C13H16BrNO. The monoisotopic (exact) mass is 281 g/mol. The van der Waals surface area contributed by atoms with Gasteiger partial charge in [-0.05, 0) is 32.4 Å². The normalized spacial score (nSPS) is 20.2. The van der Waals surface area contributed by atoms with E-state index in [4.69, 9.17) is 0 Å². The molecule has 1 aromatic carbocycles. The van der Waals surface area contributed by atoms with Crippen LogP contribution in [0.3, 0.4) is 0 Å². The van der Waals surface area contributed by atoms with E-state index in [0.717, 1.165) is 36.2 Å². The van der Waals surface area contributed by atoms with Crippen molar-refractivity contribution < 1.29 is 4.79 Å². The molecule has 1 heterocycles. The van der Waals surface area contributed by atoms with Gasteiger partial charge in [0.1, 0.15) is 0 Å². The van der Waals surface area contributed by atoms with Gasteiger partial charge in [0.2, 0.25) is 0 Å². The van der Waals surface area contributed by atoms with Gasteiger partial charge in [0.05, 0.1) is 0 Å². The number of halogens is 1. The Morgan fingerprint density at radius 2 is 1.94 bits per heavy atom. The number of likely N-dealkylation sites (tertiary alicyclic amines) is 1. The smallest absolute Gasteiger partial charge is 0.253 e. The average molecular weight is 282 g/mol. The van der Waals surface area contributed by atoms with Gasteiger partial charge in [-0.1, -0.05) is 33.1 Å². The second kappa shape index (κ2) is 4.58. The minimum absolute atomic E-state index is 0.161. The summed E-state index contributed by atoms with van der Waals surface area (Å²) in [5, 5.41) is 0. The highest BCUT2D eigenvalue weighted by Crippen LogP contribution is 2.19. The van der Waals surface area contributed by atoms with E-state index in [1.165, 1.54) is 0 Å². The van der Waals surface area contributed by atoms with E-state index in [-0.39, 0.29) is 5.91 Å². The molecule has 1 aliphatic heterocycles. The zero-order valence-corrected chi connectivity index (χ0v) is 11.3. The van der Waals surface area contributed by atoms with Crippen molar-refractivity contribution in [3.8, 4) is 0 Å². The third-order valence-electron chi connectivity index (χ3n) is 2.89. The highest BCUT2D eigenvalue weighted by Gasteiger charge is 2.25.